The van der Waals surface area contributed by atoms with Crippen LogP contribution in [0.5, 0.6) is 0 Å². The predicted octanol–water partition coefficient (Wildman–Crippen LogP) is 2.56. The van der Waals surface area contributed by atoms with Gasteiger partial charge in [0, 0.05) is 63.0 Å². The van der Waals surface area contributed by atoms with Gasteiger partial charge in [0.2, 0.25) is 11.0 Å². The molecule has 1 N–H and O–H groups in total. The number of anilines is 1. The molecule has 1 fully saturated rings. The summed E-state index contributed by atoms with van der Waals surface area (Å²) in [6.07, 6.45) is 1.53. The molecule has 0 spiro atoms. The van der Waals surface area contributed by atoms with Crippen molar-refractivity contribution in [1.82, 2.24) is 29.7 Å². The minimum absolute atomic E-state index is 0. The van der Waals surface area contributed by atoms with Crippen molar-refractivity contribution in [2.75, 3.05) is 44.2 Å². The van der Waals surface area contributed by atoms with Gasteiger partial charge in [-0.3, -0.25) is 4.99 Å². The summed E-state index contributed by atoms with van der Waals surface area (Å²) in [4.78, 5) is 18.4. The van der Waals surface area contributed by atoms with Crippen molar-refractivity contribution >= 4 is 46.6 Å². The van der Waals surface area contributed by atoms with Gasteiger partial charge in [-0.25, -0.2) is 4.98 Å². The van der Waals surface area contributed by atoms with E-state index in [0.717, 1.165) is 61.9 Å². The Morgan fingerprint density at radius 1 is 1.21 bits per heavy atom. The lowest BCUT2D eigenvalue weighted by molar-refractivity contribution is 0.366. The Labute approximate surface area is 193 Å². The maximum absolute atomic E-state index is 5.30. The second-order valence-electron chi connectivity index (χ2n) is 7.01. The Kier molecular flexibility index (Phi) is 9.53. The summed E-state index contributed by atoms with van der Waals surface area (Å²) in [5.41, 5.74) is 0. The van der Waals surface area contributed by atoms with Crippen LogP contribution in [-0.4, -0.2) is 69.6 Å². The fraction of sp³-hybridized carbons (Fsp3) is 0.722. The predicted molar refractivity (Wildman–Crippen MR) is 127 cm³/mol. The van der Waals surface area contributed by atoms with Crippen molar-refractivity contribution in [2.45, 2.75) is 46.5 Å². The van der Waals surface area contributed by atoms with Gasteiger partial charge in [0.1, 0.15) is 5.82 Å². The third-order valence-corrected chi connectivity index (χ3v) is 5.36. The number of aromatic nitrogens is 4. The van der Waals surface area contributed by atoms with Gasteiger partial charge < -0.3 is 19.6 Å². The molecule has 3 heterocycles. The van der Waals surface area contributed by atoms with E-state index in [1.165, 1.54) is 11.5 Å². The second-order valence-corrected chi connectivity index (χ2v) is 7.74. The topological polar surface area (TPSA) is 95.6 Å². The van der Waals surface area contributed by atoms with E-state index < -0.39 is 0 Å². The van der Waals surface area contributed by atoms with Crippen LogP contribution in [0.4, 0.5) is 5.13 Å². The summed E-state index contributed by atoms with van der Waals surface area (Å²) >= 11 is 1.49. The molecule has 0 bridgehead atoms. The molecule has 2 aromatic heterocycles. The molecule has 0 amide bonds. The van der Waals surface area contributed by atoms with Crippen molar-refractivity contribution in [3.8, 4) is 0 Å². The Morgan fingerprint density at radius 2 is 1.97 bits per heavy atom. The van der Waals surface area contributed by atoms with Gasteiger partial charge in [0.15, 0.2) is 11.8 Å². The van der Waals surface area contributed by atoms with Crippen LogP contribution in [-0.2, 0) is 12.8 Å². The van der Waals surface area contributed by atoms with Gasteiger partial charge in [0.05, 0.1) is 6.54 Å². The molecule has 2 aromatic rings. The molecule has 11 heteroatoms. The smallest absolute Gasteiger partial charge is 0.228 e. The summed E-state index contributed by atoms with van der Waals surface area (Å²) in [5.74, 6) is 3.55. The third-order valence-electron chi connectivity index (χ3n) is 4.55. The van der Waals surface area contributed by atoms with Crippen LogP contribution >= 0.6 is 35.5 Å². The van der Waals surface area contributed by atoms with E-state index in [2.05, 4.69) is 62.3 Å². The number of nitrogens with one attached hydrogen (secondary N) is 1. The molecule has 1 aliphatic rings. The van der Waals surface area contributed by atoms with Gasteiger partial charge in [-0.15, -0.1) is 24.0 Å². The van der Waals surface area contributed by atoms with Crippen molar-refractivity contribution < 1.29 is 4.52 Å². The molecule has 0 radical (unpaired) electrons. The number of nitrogens with zero attached hydrogens (tertiary/aromatic N) is 7. The Bertz CT molecular complexity index is 770. The monoisotopic (exact) mass is 534 g/mol. The molecule has 1 saturated heterocycles. The standard InChI is InChI=1S/C18H30N8OS.HI/c1-5-14-21-18(28-24-14)26-11-9-25(10-12-26)17(19-6-2)20-8-7-15-22-16(13(3)4)23-27-15;/h13H,5-12H2,1-4H3,(H,19,20);1H. The summed E-state index contributed by atoms with van der Waals surface area (Å²) in [6.45, 7) is 13.4. The number of hydrogen-bond donors (Lipinski definition) is 1. The third kappa shape index (κ3) is 6.49. The lowest BCUT2D eigenvalue weighted by atomic mass is 10.2. The molecule has 0 saturated carbocycles. The lowest BCUT2D eigenvalue weighted by Crippen LogP contribution is -2.52. The van der Waals surface area contributed by atoms with Crippen LogP contribution in [0.2, 0.25) is 0 Å². The number of aliphatic imine (C=N–C) groups is 1. The number of halogens is 1. The molecule has 1 aliphatic heterocycles. The van der Waals surface area contributed by atoms with E-state index in [9.17, 15) is 0 Å². The molecular formula is C18H31IN8OS. The number of rotatable bonds is 7. The Hall–Kier alpha value is -1.50. The number of aryl methyl sites for hydroxylation is 1. The highest BCUT2D eigenvalue weighted by Crippen LogP contribution is 2.19. The van der Waals surface area contributed by atoms with E-state index in [-0.39, 0.29) is 29.9 Å². The van der Waals surface area contributed by atoms with Gasteiger partial charge in [0.25, 0.3) is 0 Å². The zero-order valence-electron chi connectivity index (χ0n) is 17.6. The fourth-order valence-electron chi connectivity index (χ4n) is 2.91. The molecule has 29 heavy (non-hydrogen) atoms. The van der Waals surface area contributed by atoms with Crippen LogP contribution in [0.3, 0.4) is 0 Å². The quantitative estimate of drug-likeness (QED) is 0.329. The van der Waals surface area contributed by atoms with E-state index >= 15 is 0 Å². The van der Waals surface area contributed by atoms with Gasteiger partial charge in [-0.05, 0) is 6.92 Å². The molecular weight excluding hydrogens is 503 g/mol. The summed E-state index contributed by atoms with van der Waals surface area (Å²) in [5, 5.41) is 8.43. The maximum Gasteiger partial charge on any atom is 0.228 e. The first kappa shape index (κ1) is 23.8. The Balaban J connectivity index is 0.00000300. The molecule has 0 aromatic carbocycles. The van der Waals surface area contributed by atoms with Crippen molar-refractivity contribution in [3.63, 3.8) is 0 Å². The van der Waals surface area contributed by atoms with Gasteiger partial charge in [-0.2, -0.15) is 9.36 Å². The molecule has 3 rings (SSSR count). The highest BCUT2D eigenvalue weighted by atomic mass is 127. The summed E-state index contributed by atoms with van der Waals surface area (Å²) < 4.78 is 9.70. The van der Waals surface area contributed by atoms with Crippen LogP contribution in [0.25, 0.3) is 0 Å². The minimum atomic E-state index is 0. The van der Waals surface area contributed by atoms with Crippen LogP contribution in [0.15, 0.2) is 9.52 Å². The van der Waals surface area contributed by atoms with E-state index in [0.29, 0.717) is 18.9 Å². The first-order chi connectivity index (χ1) is 13.6. The minimum Gasteiger partial charge on any atom is -0.357 e. The molecule has 0 atom stereocenters. The highest BCUT2D eigenvalue weighted by molar-refractivity contribution is 14.0. The van der Waals surface area contributed by atoms with Gasteiger partial charge >= 0.3 is 0 Å². The molecule has 9 nitrogen and oxygen atoms in total. The van der Waals surface area contributed by atoms with Crippen molar-refractivity contribution in [2.24, 2.45) is 4.99 Å². The van der Waals surface area contributed by atoms with Gasteiger partial charge in [-0.1, -0.05) is 25.9 Å². The maximum atomic E-state index is 5.30. The number of piperazine rings is 1. The average molecular weight is 534 g/mol. The largest absolute Gasteiger partial charge is 0.357 e. The summed E-state index contributed by atoms with van der Waals surface area (Å²) in [6, 6.07) is 0. The van der Waals surface area contributed by atoms with Crippen molar-refractivity contribution in [3.05, 3.63) is 17.5 Å². The first-order valence-electron chi connectivity index (χ1n) is 10.0. The second kappa shape index (κ2) is 11.6. The zero-order valence-corrected chi connectivity index (χ0v) is 20.7. The van der Waals surface area contributed by atoms with Crippen molar-refractivity contribution in [1.29, 1.82) is 0 Å². The molecule has 162 valence electrons. The van der Waals surface area contributed by atoms with E-state index in [4.69, 9.17) is 9.52 Å². The van der Waals surface area contributed by atoms with Crippen LogP contribution < -0.4 is 10.2 Å². The SMILES string of the molecule is CCNC(=NCCc1nc(C(C)C)no1)N1CCN(c2nc(CC)ns2)CC1.I. The van der Waals surface area contributed by atoms with E-state index in [1.54, 1.807) is 0 Å². The fourth-order valence-corrected chi connectivity index (χ4v) is 3.71. The average Bonchev–Trinajstić information content (AvgIpc) is 3.37. The zero-order chi connectivity index (χ0) is 19.9. The highest BCUT2D eigenvalue weighted by Gasteiger charge is 2.22. The number of guanidine groups is 1. The lowest BCUT2D eigenvalue weighted by Gasteiger charge is -2.36. The Morgan fingerprint density at radius 3 is 2.55 bits per heavy atom. The van der Waals surface area contributed by atoms with Crippen LogP contribution in [0.1, 0.15) is 51.2 Å². The first-order valence-corrected chi connectivity index (χ1v) is 10.8. The van der Waals surface area contributed by atoms with E-state index in [1.807, 2.05) is 0 Å². The number of hydrogen-bond acceptors (Lipinski definition) is 8. The molecule has 0 unspecified atom stereocenters. The summed E-state index contributed by atoms with van der Waals surface area (Å²) in [7, 11) is 0. The normalized spacial score (nSPS) is 15.0. The molecule has 0 aliphatic carbocycles. The van der Waals surface area contributed by atoms with Crippen LogP contribution in [0, 0.1) is 0 Å².